The first kappa shape index (κ1) is 19.8. The molecule has 3 heterocycles. The Hall–Kier alpha value is -4.11. The van der Waals surface area contributed by atoms with Crippen molar-refractivity contribution < 1.29 is 13.0 Å². The molecule has 0 radical (unpaired) electrons. The van der Waals surface area contributed by atoms with Crippen LogP contribution in [0.3, 0.4) is 0 Å². The third-order valence-electron chi connectivity index (χ3n) is 5.16. The van der Waals surface area contributed by atoms with Gasteiger partial charge in [-0.3, -0.25) is 4.98 Å². The van der Waals surface area contributed by atoms with Crippen molar-refractivity contribution in [2.24, 2.45) is 0 Å². The minimum absolute atomic E-state index is 0.268. The summed E-state index contributed by atoms with van der Waals surface area (Å²) in [6.45, 7) is 0. The van der Waals surface area contributed by atoms with Crippen LogP contribution in [0.1, 0.15) is 0 Å². The predicted octanol–water partition coefficient (Wildman–Crippen LogP) is 4.00. The number of rotatable bonds is 4. The van der Waals surface area contributed by atoms with Crippen molar-refractivity contribution in [1.29, 1.82) is 0 Å². The van der Waals surface area contributed by atoms with Crippen molar-refractivity contribution >= 4 is 26.7 Å². The molecule has 0 fully saturated rings. The Morgan fingerprint density at radius 1 is 0.750 bits per heavy atom. The molecule has 0 aliphatic carbocycles. The lowest BCUT2D eigenvalue weighted by atomic mass is 10.0. The molecule has 158 valence electrons. The Morgan fingerprint density at radius 2 is 1.44 bits per heavy atom. The number of sulfone groups is 1. The van der Waals surface area contributed by atoms with Gasteiger partial charge in [-0.1, -0.05) is 24.3 Å². The van der Waals surface area contributed by atoms with Gasteiger partial charge in [0.15, 0.2) is 9.84 Å². The molecule has 0 unspecified atom stereocenters. The fourth-order valence-corrected chi connectivity index (χ4v) is 4.05. The zero-order valence-corrected chi connectivity index (χ0v) is 17.7. The van der Waals surface area contributed by atoms with Crippen molar-refractivity contribution in [3.05, 3.63) is 73.1 Å². The van der Waals surface area contributed by atoms with E-state index in [0.717, 1.165) is 33.5 Å². The molecule has 5 rings (SSSR count). The second-order valence-corrected chi connectivity index (χ2v) is 9.37. The Morgan fingerprint density at radius 3 is 2.16 bits per heavy atom. The summed E-state index contributed by atoms with van der Waals surface area (Å²) in [7, 11) is -3.25. The van der Waals surface area contributed by atoms with Crippen LogP contribution in [0.5, 0.6) is 0 Å². The summed E-state index contributed by atoms with van der Waals surface area (Å²) in [6.07, 6.45) is 4.59. The van der Waals surface area contributed by atoms with Gasteiger partial charge in [-0.2, -0.15) is 0 Å². The number of hydrogen-bond acceptors (Lipinski definition) is 8. The maximum absolute atomic E-state index is 11.7. The first-order valence-electron chi connectivity index (χ1n) is 9.64. The summed E-state index contributed by atoms with van der Waals surface area (Å²) in [4.78, 5) is 9.16. The second kappa shape index (κ2) is 7.54. The van der Waals surface area contributed by atoms with Crippen LogP contribution < -0.4 is 5.73 Å². The van der Waals surface area contributed by atoms with Crippen LogP contribution >= 0.6 is 0 Å². The van der Waals surface area contributed by atoms with Crippen LogP contribution in [0.2, 0.25) is 0 Å². The van der Waals surface area contributed by atoms with E-state index < -0.39 is 9.84 Å². The molecule has 0 aliphatic heterocycles. The molecule has 0 saturated carbocycles. The third kappa shape index (κ3) is 3.69. The molecule has 8 nitrogen and oxygen atoms in total. The standard InChI is InChI=1S/C23H17N5O3S/c1-32(29,30)18-6-2-14(3-7-18)17-10-19(23(24)26-13-17)16-5-8-20(25-12-16)15-4-9-21-22(11-15)28-31-27-21/h2-13H,1H3,(H2,24,26). The van der Waals surface area contributed by atoms with Gasteiger partial charge in [0.2, 0.25) is 0 Å². The minimum Gasteiger partial charge on any atom is -0.383 e. The van der Waals surface area contributed by atoms with Gasteiger partial charge in [0, 0.05) is 40.9 Å². The quantitative estimate of drug-likeness (QED) is 0.442. The lowest BCUT2D eigenvalue weighted by molar-refractivity contribution is 0.315. The Kier molecular flexibility index (Phi) is 4.67. The SMILES string of the molecule is CS(=O)(=O)c1ccc(-c2cnc(N)c(-c3ccc(-c4ccc5nonc5c4)nc3)c2)cc1. The minimum atomic E-state index is -3.25. The zero-order chi connectivity index (χ0) is 22.3. The van der Waals surface area contributed by atoms with E-state index in [9.17, 15) is 8.42 Å². The molecule has 0 spiro atoms. The van der Waals surface area contributed by atoms with E-state index in [-0.39, 0.29) is 4.90 Å². The van der Waals surface area contributed by atoms with E-state index in [1.54, 1.807) is 36.7 Å². The van der Waals surface area contributed by atoms with E-state index in [2.05, 4.69) is 20.3 Å². The average Bonchev–Trinajstić information content (AvgIpc) is 3.27. The van der Waals surface area contributed by atoms with E-state index in [0.29, 0.717) is 16.9 Å². The summed E-state index contributed by atoms with van der Waals surface area (Å²) in [5.74, 6) is 0.381. The highest BCUT2D eigenvalue weighted by Gasteiger charge is 2.11. The fourth-order valence-electron chi connectivity index (χ4n) is 3.42. The molecule has 0 aliphatic rings. The lowest BCUT2D eigenvalue weighted by Crippen LogP contribution is -1.97. The van der Waals surface area contributed by atoms with Crippen molar-refractivity contribution in [2.75, 3.05) is 12.0 Å². The normalized spacial score (nSPS) is 11.7. The summed E-state index contributed by atoms with van der Waals surface area (Å²) in [5.41, 5.74) is 12.4. The summed E-state index contributed by atoms with van der Waals surface area (Å²) < 4.78 is 28.1. The van der Waals surface area contributed by atoms with E-state index in [4.69, 9.17) is 10.4 Å². The number of benzene rings is 2. The lowest BCUT2D eigenvalue weighted by Gasteiger charge is -2.10. The van der Waals surface area contributed by atoms with Gasteiger partial charge < -0.3 is 5.73 Å². The number of nitrogens with zero attached hydrogens (tertiary/aromatic N) is 4. The van der Waals surface area contributed by atoms with Crippen molar-refractivity contribution in [2.45, 2.75) is 4.90 Å². The molecule has 2 N–H and O–H groups in total. The molecule has 5 aromatic rings. The third-order valence-corrected chi connectivity index (χ3v) is 6.29. The monoisotopic (exact) mass is 443 g/mol. The Bertz CT molecular complexity index is 1540. The van der Waals surface area contributed by atoms with Gasteiger partial charge in [0.05, 0.1) is 10.6 Å². The number of aromatic nitrogens is 4. The molecular weight excluding hydrogens is 426 g/mol. The van der Waals surface area contributed by atoms with Crippen LogP contribution in [0.15, 0.2) is 82.6 Å². The Labute approximate surface area is 183 Å². The second-order valence-electron chi connectivity index (χ2n) is 7.35. The Balaban J connectivity index is 1.48. The number of nitrogens with two attached hydrogens (primary N) is 1. The highest BCUT2D eigenvalue weighted by Crippen LogP contribution is 2.31. The maximum atomic E-state index is 11.7. The van der Waals surface area contributed by atoms with Gasteiger partial charge in [0.1, 0.15) is 16.9 Å². The molecule has 0 atom stereocenters. The van der Waals surface area contributed by atoms with E-state index in [1.165, 1.54) is 6.26 Å². The van der Waals surface area contributed by atoms with Gasteiger partial charge in [-0.25, -0.2) is 18.0 Å². The molecule has 0 bridgehead atoms. The zero-order valence-electron chi connectivity index (χ0n) is 16.9. The highest BCUT2D eigenvalue weighted by molar-refractivity contribution is 7.90. The van der Waals surface area contributed by atoms with Crippen LogP contribution in [0, 0.1) is 0 Å². The van der Waals surface area contributed by atoms with Gasteiger partial charge in [-0.05, 0) is 52.3 Å². The van der Waals surface area contributed by atoms with Crippen LogP contribution in [0.25, 0.3) is 44.5 Å². The van der Waals surface area contributed by atoms with Crippen LogP contribution in [-0.4, -0.2) is 35.0 Å². The van der Waals surface area contributed by atoms with Crippen molar-refractivity contribution in [3.63, 3.8) is 0 Å². The number of pyridine rings is 2. The number of anilines is 1. The van der Waals surface area contributed by atoms with Gasteiger partial charge in [-0.15, -0.1) is 0 Å². The largest absolute Gasteiger partial charge is 0.383 e. The van der Waals surface area contributed by atoms with Crippen molar-refractivity contribution in [1.82, 2.24) is 20.3 Å². The van der Waals surface area contributed by atoms with Crippen LogP contribution in [0.4, 0.5) is 5.82 Å². The fraction of sp³-hybridized carbons (Fsp3) is 0.0435. The molecule has 9 heteroatoms. The smallest absolute Gasteiger partial charge is 0.175 e. The molecule has 32 heavy (non-hydrogen) atoms. The predicted molar refractivity (Wildman–Crippen MR) is 121 cm³/mol. The number of fused-ring (bicyclic) bond motifs is 1. The summed E-state index contributed by atoms with van der Waals surface area (Å²) >= 11 is 0. The molecule has 0 amide bonds. The summed E-state index contributed by atoms with van der Waals surface area (Å²) in [5, 5.41) is 7.68. The molecule has 0 saturated heterocycles. The van der Waals surface area contributed by atoms with Crippen LogP contribution in [-0.2, 0) is 9.84 Å². The van der Waals surface area contributed by atoms with E-state index in [1.807, 2.05) is 36.4 Å². The maximum Gasteiger partial charge on any atom is 0.175 e. The van der Waals surface area contributed by atoms with Gasteiger partial charge >= 0.3 is 0 Å². The highest BCUT2D eigenvalue weighted by atomic mass is 32.2. The number of nitrogen functional groups attached to an aromatic ring is 1. The number of hydrogen-bond donors (Lipinski definition) is 1. The molecular formula is C23H17N5O3S. The topological polar surface area (TPSA) is 125 Å². The van der Waals surface area contributed by atoms with Gasteiger partial charge in [0.25, 0.3) is 0 Å². The van der Waals surface area contributed by atoms with E-state index >= 15 is 0 Å². The summed E-state index contributed by atoms with van der Waals surface area (Å²) in [6, 6.07) is 18.0. The van der Waals surface area contributed by atoms with Crippen molar-refractivity contribution in [3.8, 4) is 33.5 Å². The first-order chi connectivity index (χ1) is 15.4. The molecule has 2 aromatic carbocycles. The average molecular weight is 443 g/mol. The first-order valence-corrected chi connectivity index (χ1v) is 11.5. The molecule has 3 aromatic heterocycles.